The topological polar surface area (TPSA) is 32.3 Å². The molecule has 0 aromatic rings. The standard InChI is InChI=1S/C13H27NO/c1-4-11(3)14-10-13(15)8-6-12(5-2)7-9-13/h11-12,14-15H,4-10H2,1-3H3. The Labute approximate surface area is 94.5 Å². The molecular formula is C13H27NO. The number of rotatable bonds is 5. The van der Waals surface area contributed by atoms with Crippen molar-refractivity contribution in [2.75, 3.05) is 6.54 Å². The number of hydrogen-bond acceptors (Lipinski definition) is 2. The first-order chi connectivity index (χ1) is 7.09. The van der Waals surface area contributed by atoms with Gasteiger partial charge in [-0.1, -0.05) is 20.3 Å². The molecule has 1 saturated carbocycles. The van der Waals surface area contributed by atoms with E-state index in [0.29, 0.717) is 6.04 Å². The van der Waals surface area contributed by atoms with E-state index in [9.17, 15) is 5.11 Å². The Bertz CT molecular complexity index is 173. The van der Waals surface area contributed by atoms with Gasteiger partial charge in [0.2, 0.25) is 0 Å². The van der Waals surface area contributed by atoms with Crippen molar-refractivity contribution in [1.29, 1.82) is 0 Å². The van der Waals surface area contributed by atoms with Gasteiger partial charge >= 0.3 is 0 Å². The van der Waals surface area contributed by atoms with Gasteiger partial charge in [0, 0.05) is 12.6 Å². The summed E-state index contributed by atoms with van der Waals surface area (Å²) in [5, 5.41) is 13.8. The zero-order chi connectivity index (χ0) is 11.3. The van der Waals surface area contributed by atoms with Crippen LogP contribution in [0.15, 0.2) is 0 Å². The summed E-state index contributed by atoms with van der Waals surface area (Å²) in [6.45, 7) is 7.39. The van der Waals surface area contributed by atoms with Crippen molar-refractivity contribution in [3.63, 3.8) is 0 Å². The maximum Gasteiger partial charge on any atom is 0.0771 e. The first-order valence-corrected chi connectivity index (χ1v) is 6.55. The monoisotopic (exact) mass is 213 g/mol. The summed E-state index contributed by atoms with van der Waals surface area (Å²) in [6, 6.07) is 0.526. The van der Waals surface area contributed by atoms with Gasteiger partial charge in [-0.3, -0.25) is 0 Å². The van der Waals surface area contributed by atoms with E-state index >= 15 is 0 Å². The third kappa shape index (κ3) is 4.12. The summed E-state index contributed by atoms with van der Waals surface area (Å²) in [7, 11) is 0. The zero-order valence-corrected chi connectivity index (χ0v) is 10.6. The third-order valence-electron chi connectivity index (χ3n) is 4.01. The Hall–Kier alpha value is -0.0800. The molecule has 0 saturated heterocycles. The van der Waals surface area contributed by atoms with Crippen LogP contribution in [0.4, 0.5) is 0 Å². The van der Waals surface area contributed by atoms with Gasteiger partial charge in [0.15, 0.2) is 0 Å². The highest BCUT2D eigenvalue weighted by Gasteiger charge is 2.32. The van der Waals surface area contributed by atoms with E-state index in [2.05, 4.69) is 26.1 Å². The normalized spacial score (nSPS) is 34.0. The summed E-state index contributed by atoms with van der Waals surface area (Å²) >= 11 is 0. The predicted molar refractivity (Wildman–Crippen MR) is 65.0 cm³/mol. The van der Waals surface area contributed by atoms with Crippen molar-refractivity contribution in [2.45, 2.75) is 70.9 Å². The van der Waals surface area contributed by atoms with Crippen LogP contribution in [0.3, 0.4) is 0 Å². The molecule has 1 aliphatic rings. The van der Waals surface area contributed by atoms with E-state index in [1.807, 2.05) is 0 Å². The molecular weight excluding hydrogens is 186 g/mol. The fourth-order valence-corrected chi connectivity index (χ4v) is 2.31. The highest BCUT2D eigenvalue weighted by molar-refractivity contribution is 4.87. The second-order valence-corrected chi connectivity index (χ2v) is 5.27. The molecule has 15 heavy (non-hydrogen) atoms. The van der Waals surface area contributed by atoms with Gasteiger partial charge in [0.1, 0.15) is 0 Å². The summed E-state index contributed by atoms with van der Waals surface area (Å²) in [5.41, 5.74) is -0.422. The predicted octanol–water partition coefficient (Wildman–Crippen LogP) is 2.71. The average Bonchev–Trinajstić information content (AvgIpc) is 2.27. The molecule has 0 bridgehead atoms. The first kappa shape index (κ1) is 13.0. The molecule has 2 heteroatoms. The maximum atomic E-state index is 10.4. The van der Waals surface area contributed by atoms with Crippen LogP contribution in [0.2, 0.25) is 0 Å². The van der Waals surface area contributed by atoms with Gasteiger partial charge < -0.3 is 10.4 Å². The van der Waals surface area contributed by atoms with E-state index in [1.54, 1.807) is 0 Å². The molecule has 1 atom stereocenters. The van der Waals surface area contributed by atoms with E-state index in [-0.39, 0.29) is 0 Å². The molecule has 90 valence electrons. The van der Waals surface area contributed by atoms with Crippen molar-refractivity contribution in [1.82, 2.24) is 5.32 Å². The molecule has 1 fully saturated rings. The van der Waals surface area contributed by atoms with Crippen LogP contribution in [-0.4, -0.2) is 23.3 Å². The smallest absolute Gasteiger partial charge is 0.0771 e. The van der Waals surface area contributed by atoms with Crippen molar-refractivity contribution >= 4 is 0 Å². The molecule has 1 rings (SSSR count). The molecule has 0 amide bonds. The minimum atomic E-state index is -0.422. The second-order valence-electron chi connectivity index (χ2n) is 5.27. The summed E-state index contributed by atoms with van der Waals surface area (Å²) in [6.07, 6.45) is 6.77. The van der Waals surface area contributed by atoms with E-state index in [1.165, 1.54) is 19.3 Å². The highest BCUT2D eigenvalue weighted by atomic mass is 16.3. The lowest BCUT2D eigenvalue weighted by atomic mass is 9.78. The van der Waals surface area contributed by atoms with Crippen LogP contribution in [0, 0.1) is 5.92 Å². The molecule has 0 aliphatic heterocycles. The van der Waals surface area contributed by atoms with E-state index < -0.39 is 5.60 Å². The lowest BCUT2D eigenvalue weighted by Gasteiger charge is -2.36. The lowest BCUT2D eigenvalue weighted by Crippen LogP contribution is -2.45. The molecule has 1 unspecified atom stereocenters. The quantitative estimate of drug-likeness (QED) is 0.736. The molecule has 0 aromatic carbocycles. The number of aliphatic hydroxyl groups is 1. The molecule has 0 radical (unpaired) electrons. The van der Waals surface area contributed by atoms with Crippen LogP contribution < -0.4 is 5.32 Å². The van der Waals surface area contributed by atoms with Crippen LogP contribution >= 0.6 is 0 Å². The first-order valence-electron chi connectivity index (χ1n) is 6.55. The number of hydrogen-bond donors (Lipinski definition) is 2. The van der Waals surface area contributed by atoms with Crippen molar-refractivity contribution in [2.24, 2.45) is 5.92 Å². The van der Waals surface area contributed by atoms with Gasteiger partial charge in [-0.25, -0.2) is 0 Å². The molecule has 0 heterocycles. The minimum Gasteiger partial charge on any atom is -0.389 e. The fourth-order valence-electron chi connectivity index (χ4n) is 2.31. The van der Waals surface area contributed by atoms with Crippen LogP contribution in [0.5, 0.6) is 0 Å². The lowest BCUT2D eigenvalue weighted by molar-refractivity contribution is -0.0103. The van der Waals surface area contributed by atoms with Crippen LogP contribution in [-0.2, 0) is 0 Å². The summed E-state index contributed by atoms with van der Waals surface area (Å²) in [5.74, 6) is 0.855. The summed E-state index contributed by atoms with van der Waals surface area (Å²) < 4.78 is 0. The van der Waals surface area contributed by atoms with E-state index in [0.717, 1.165) is 31.7 Å². The fraction of sp³-hybridized carbons (Fsp3) is 1.00. The van der Waals surface area contributed by atoms with Crippen molar-refractivity contribution < 1.29 is 5.11 Å². The molecule has 2 nitrogen and oxygen atoms in total. The molecule has 2 N–H and O–H groups in total. The zero-order valence-electron chi connectivity index (χ0n) is 10.6. The van der Waals surface area contributed by atoms with Gasteiger partial charge in [0.05, 0.1) is 5.60 Å². The second kappa shape index (κ2) is 5.86. The average molecular weight is 213 g/mol. The van der Waals surface area contributed by atoms with Gasteiger partial charge in [0.25, 0.3) is 0 Å². The third-order valence-corrected chi connectivity index (χ3v) is 4.01. The van der Waals surface area contributed by atoms with Gasteiger partial charge in [-0.2, -0.15) is 0 Å². The Kier molecular flexibility index (Phi) is 5.07. The van der Waals surface area contributed by atoms with Crippen LogP contribution in [0.1, 0.15) is 59.3 Å². The highest BCUT2D eigenvalue weighted by Crippen LogP contribution is 2.33. The van der Waals surface area contributed by atoms with Gasteiger partial charge in [-0.05, 0) is 44.9 Å². The Balaban J connectivity index is 2.28. The maximum absolute atomic E-state index is 10.4. The van der Waals surface area contributed by atoms with Crippen molar-refractivity contribution in [3.05, 3.63) is 0 Å². The van der Waals surface area contributed by atoms with E-state index in [4.69, 9.17) is 0 Å². The molecule has 1 aliphatic carbocycles. The minimum absolute atomic E-state index is 0.422. The molecule has 0 spiro atoms. The Morgan fingerprint density at radius 3 is 2.40 bits per heavy atom. The Morgan fingerprint density at radius 2 is 1.93 bits per heavy atom. The Morgan fingerprint density at radius 1 is 1.33 bits per heavy atom. The SMILES string of the molecule is CCC1CCC(O)(CNC(C)CC)CC1. The molecule has 0 aromatic heterocycles. The largest absolute Gasteiger partial charge is 0.389 e. The van der Waals surface area contributed by atoms with Gasteiger partial charge in [-0.15, -0.1) is 0 Å². The van der Waals surface area contributed by atoms with Crippen molar-refractivity contribution in [3.8, 4) is 0 Å². The summed E-state index contributed by atoms with van der Waals surface area (Å²) in [4.78, 5) is 0. The number of nitrogens with one attached hydrogen (secondary N) is 1. The van der Waals surface area contributed by atoms with Crippen LogP contribution in [0.25, 0.3) is 0 Å².